The predicted molar refractivity (Wildman–Crippen MR) is 112 cm³/mol. The minimum absolute atomic E-state index is 0.0231. The maximum atomic E-state index is 11.6. The van der Waals surface area contributed by atoms with Crippen molar-refractivity contribution in [2.24, 2.45) is 11.5 Å². The van der Waals surface area contributed by atoms with Gasteiger partial charge in [-0.1, -0.05) is 19.9 Å². The van der Waals surface area contributed by atoms with E-state index >= 15 is 0 Å². The van der Waals surface area contributed by atoms with Crippen molar-refractivity contribution in [3.8, 4) is 0 Å². The molecule has 0 spiro atoms. The van der Waals surface area contributed by atoms with Crippen LogP contribution in [-0.4, -0.2) is 59.9 Å². The summed E-state index contributed by atoms with van der Waals surface area (Å²) >= 11 is 0. The molecule has 10 heteroatoms. The number of hydrogen-bond acceptors (Lipinski definition) is 8. The Labute approximate surface area is 176 Å². The van der Waals surface area contributed by atoms with Crippen molar-refractivity contribution in [3.63, 3.8) is 0 Å². The van der Waals surface area contributed by atoms with Gasteiger partial charge >= 0.3 is 17.9 Å². The van der Waals surface area contributed by atoms with E-state index in [0.717, 1.165) is 19.3 Å². The first-order chi connectivity index (χ1) is 14.2. The van der Waals surface area contributed by atoms with Gasteiger partial charge in [-0.25, -0.2) is 4.79 Å². The van der Waals surface area contributed by atoms with Gasteiger partial charge in [0.1, 0.15) is 17.8 Å². The fraction of sp³-hybridized carbons (Fsp3) is 0.550. The third-order valence-corrected chi connectivity index (χ3v) is 3.94. The van der Waals surface area contributed by atoms with Crippen molar-refractivity contribution in [1.29, 1.82) is 0 Å². The average Bonchev–Trinajstić information content (AvgIpc) is 3.24. The molecule has 10 nitrogen and oxygen atoms in total. The molecule has 1 rings (SSSR count). The van der Waals surface area contributed by atoms with Crippen LogP contribution in [0.2, 0.25) is 0 Å². The highest BCUT2D eigenvalue weighted by Crippen LogP contribution is 2.11. The number of carbonyl (C=O) groups is 3. The second-order valence-electron chi connectivity index (χ2n) is 6.45. The van der Waals surface area contributed by atoms with Gasteiger partial charge in [0.15, 0.2) is 0 Å². The summed E-state index contributed by atoms with van der Waals surface area (Å²) in [7, 11) is 0. The molecule has 2 unspecified atom stereocenters. The highest BCUT2D eigenvalue weighted by Gasteiger charge is 2.19. The van der Waals surface area contributed by atoms with Crippen molar-refractivity contribution in [2.45, 2.75) is 51.1 Å². The monoisotopic (exact) mass is 427 g/mol. The molecule has 30 heavy (non-hydrogen) atoms. The lowest BCUT2D eigenvalue weighted by molar-refractivity contribution is -0.147. The van der Waals surface area contributed by atoms with Gasteiger partial charge in [0.2, 0.25) is 0 Å². The fourth-order valence-corrected chi connectivity index (χ4v) is 2.20. The van der Waals surface area contributed by atoms with Crippen molar-refractivity contribution in [2.75, 3.05) is 19.7 Å². The third-order valence-electron chi connectivity index (χ3n) is 3.94. The Balaban J connectivity index is 0.000000696. The van der Waals surface area contributed by atoms with Crippen LogP contribution in [-0.2, 0) is 19.1 Å². The zero-order valence-corrected chi connectivity index (χ0v) is 17.3. The summed E-state index contributed by atoms with van der Waals surface area (Å²) in [6, 6.07) is 1.81. The molecule has 0 fully saturated rings. The number of ether oxygens (including phenoxy) is 1. The molecule has 0 aliphatic heterocycles. The van der Waals surface area contributed by atoms with Gasteiger partial charge in [0.05, 0.1) is 18.4 Å². The Morgan fingerprint density at radius 1 is 1.27 bits per heavy atom. The second-order valence-corrected chi connectivity index (χ2v) is 6.45. The van der Waals surface area contributed by atoms with Crippen LogP contribution in [0, 0.1) is 0 Å². The highest BCUT2D eigenvalue weighted by molar-refractivity contribution is 6.13. The summed E-state index contributed by atoms with van der Waals surface area (Å²) in [5.41, 5.74) is 11.0. The molecule has 1 heterocycles. The predicted octanol–water partition coefficient (Wildman–Crippen LogP) is 1.21. The van der Waals surface area contributed by atoms with Gasteiger partial charge in [0, 0.05) is 6.42 Å². The molecule has 0 radical (unpaired) electrons. The van der Waals surface area contributed by atoms with E-state index in [1.165, 1.54) is 6.26 Å². The quantitative estimate of drug-likeness (QED) is 0.165. The number of carbonyl (C=O) groups excluding carboxylic acids is 1. The molecule has 0 saturated heterocycles. The van der Waals surface area contributed by atoms with Crippen molar-refractivity contribution in [3.05, 3.63) is 30.7 Å². The normalized spacial score (nSPS) is 12.2. The number of hydrogen-bond donors (Lipinski definition) is 5. The van der Waals surface area contributed by atoms with E-state index in [9.17, 15) is 14.4 Å². The summed E-state index contributed by atoms with van der Waals surface area (Å²) in [5, 5.41) is 20.3. The summed E-state index contributed by atoms with van der Waals surface area (Å²) < 4.78 is 9.77. The molecule has 0 amide bonds. The van der Waals surface area contributed by atoms with Gasteiger partial charge in [-0.15, -0.1) is 0 Å². The largest absolute Gasteiger partial charge is 0.480 e. The molecule has 0 aliphatic carbocycles. The molecule has 170 valence electrons. The second kappa shape index (κ2) is 16.1. The molecule has 1 aromatic rings. The van der Waals surface area contributed by atoms with E-state index in [1.807, 2.05) is 6.92 Å². The number of carboxylic acid groups (broad SMARTS) is 2. The standard InChI is InChI=1S/C13H27N3O4.C7H6O3/c1-2-8-16-11(12(17)18)6-9-20-13(19)10(15)5-3-4-7-14;1-5(7(8)9)6-3-2-4-10-6/h10-11,16H,2-9,14-15H2,1H3,(H,17,18);2-4H,1H2,(H,8,9). The Kier molecular flexibility index (Phi) is 14.7. The number of nitrogens with one attached hydrogen (secondary N) is 1. The summed E-state index contributed by atoms with van der Waals surface area (Å²) in [4.78, 5) is 32.7. The average molecular weight is 427 g/mol. The van der Waals surface area contributed by atoms with Gasteiger partial charge in [0.25, 0.3) is 0 Å². The van der Waals surface area contributed by atoms with Gasteiger partial charge in [-0.05, 0) is 44.5 Å². The van der Waals surface area contributed by atoms with Crippen molar-refractivity contribution >= 4 is 23.5 Å². The van der Waals surface area contributed by atoms with E-state index in [2.05, 4.69) is 11.9 Å². The molecule has 0 saturated carbocycles. The van der Waals surface area contributed by atoms with Crippen molar-refractivity contribution < 1.29 is 33.8 Å². The van der Waals surface area contributed by atoms with Crippen LogP contribution in [0.15, 0.2) is 29.4 Å². The molecule has 0 aliphatic rings. The van der Waals surface area contributed by atoms with E-state index in [0.29, 0.717) is 25.3 Å². The van der Waals surface area contributed by atoms with Gasteiger partial charge in [-0.2, -0.15) is 0 Å². The lowest BCUT2D eigenvalue weighted by atomic mass is 10.1. The first-order valence-corrected chi connectivity index (χ1v) is 9.79. The van der Waals surface area contributed by atoms with Gasteiger partial charge < -0.3 is 36.2 Å². The van der Waals surface area contributed by atoms with E-state index < -0.39 is 30.0 Å². The molecular formula is C20H33N3O7. The lowest BCUT2D eigenvalue weighted by Crippen LogP contribution is -2.39. The van der Waals surface area contributed by atoms with Crippen LogP contribution in [0.4, 0.5) is 0 Å². The summed E-state index contributed by atoms with van der Waals surface area (Å²) in [6.45, 7) is 6.50. The Morgan fingerprint density at radius 2 is 1.97 bits per heavy atom. The zero-order chi connectivity index (χ0) is 22.9. The molecule has 2 atom stereocenters. The molecule has 1 aromatic heterocycles. The smallest absolute Gasteiger partial charge is 0.338 e. The van der Waals surface area contributed by atoms with E-state index in [-0.39, 0.29) is 18.6 Å². The van der Waals surface area contributed by atoms with Crippen LogP contribution in [0.3, 0.4) is 0 Å². The Morgan fingerprint density at radius 3 is 2.47 bits per heavy atom. The van der Waals surface area contributed by atoms with Gasteiger partial charge in [-0.3, -0.25) is 9.59 Å². The number of esters is 1. The number of furan rings is 1. The number of rotatable bonds is 14. The highest BCUT2D eigenvalue weighted by atomic mass is 16.5. The summed E-state index contributed by atoms with van der Waals surface area (Å²) in [6.07, 6.45) is 4.62. The topological polar surface area (TPSA) is 178 Å². The van der Waals surface area contributed by atoms with Crippen LogP contribution in [0.25, 0.3) is 5.57 Å². The van der Waals surface area contributed by atoms with Crippen molar-refractivity contribution in [1.82, 2.24) is 5.32 Å². The molecule has 0 aromatic carbocycles. The molecule has 0 bridgehead atoms. The number of nitrogens with two attached hydrogens (primary N) is 2. The Bertz CT molecular complexity index is 647. The lowest BCUT2D eigenvalue weighted by Gasteiger charge is -2.15. The fourth-order valence-electron chi connectivity index (χ4n) is 2.20. The third kappa shape index (κ3) is 12.0. The number of unbranched alkanes of at least 4 members (excludes halogenated alkanes) is 1. The van der Waals surface area contributed by atoms with Crippen LogP contribution < -0.4 is 16.8 Å². The first-order valence-electron chi connectivity index (χ1n) is 9.79. The van der Waals surface area contributed by atoms with E-state index in [1.54, 1.807) is 12.1 Å². The number of carboxylic acids is 2. The van der Waals surface area contributed by atoms with Crippen LogP contribution in [0.1, 0.15) is 44.8 Å². The Hall–Kier alpha value is -2.69. The van der Waals surface area contributed by atoms with E-state index in [4.69, 9.17) is 30.8 Å². The minimum atomic E-state index is -1.06. The number of aliphatic carboxylic acids is 2. The maximum absolute atomic E-state index is 11.6. The summed E-state index contributed by atoms with van der Waals surface area (Å²) in [5.74, 6) is -2.19. The maximum Gasteiger partial charge on any atom is 0.338 e. The molecular weight excluding hydrogens is 394 g/mol. The first kappa shape index (κ1) is 27.3. The SMILES string of the molecule is C=C(C(=O)O)c1ccco1.CCCNC(CCOC(=O)C(N)CCCCN)C(=O)O. The molecule has 7 N–H and O–H groups in total. The minimum Gasteiger partial charge on any atom is -0.480 e. The van der Waals surface area contributed by atoms with Crippen LogP contribution in [0.5, 0.6) is 0 Å². The zero-order valence-electron chi connectivity index (χ0n) is 17.3. The van der Waals surface area contributed by atoms with Crippen LogP contribution >= 0.6 is 0 Å².